The first-order valence-electron chi connectivity index (χ1n) is 2.49. The number of ether oxygens (including phenoxy) is 1. The summed E-state index contributed by atoms with van der Waals surface area (Å²) in [4.78, 5) is 2.21. The molecule has 0 aromatic carbocycles. The van der Waals surface area contributed by atoms with E-state index < -0.39 is 0 Å². The summed E-state index contributed by atoms with van der Waals surface area (Å²) in [5.41, 5.74) is 0. The van der Waals surface area contributed by atoms with E-state index in [9.17, 15) is 0 Å². The fourth-order valence-electron chi connectivity index (χ4n) is 0.288. The van der Waals surface area contributed by atoms with Gasteiger partial charge in [-0.05, 0) is 0 Å². The fraction of sp³-hybridized carbons (Fsp3) is 1.00. The predicted molar refractivity (Wildman–Crippen MR) is 32.1 cm³/mol. The monoisotopic (exact) mass is 249 g/mol. The average molecular weight is 249 g/mol. The number of halogens is 2. The summed E-state index contributed by atoms with van der Waals surface area (Å²) >= 11 is 5.73. The van der Waals surface area contributed by atoms with E-state index in [0.29, 0.717) is 21.2 Å². The van der Waals surface area contributed by atoms with Crippen molar-refractivity contribution in [2.45, 2.75) is 6.42 Å². The maximum absolute atomic E-state index is 5.41. The third-order valence-corrected chi connectivity index (χ3v) is 1.94. The van der Waals surface area contributed by atoms with Crippen LogP contribution in [-0.2, 0) is 4.74 Å². The van der Waals surface area contributed by atoms with Crippen LogP contribution in [0.1, 0.15) is 6.42 Å². The second-order valence-corrected chi connectivity index (χ2v) is 3.85. The van der Waals surface area contributed by atoms with Crippen LogP contribution in [0, 0.1) is 0 Å². The molecule has 0 aromatic rings. The Morgan fingerprint density at radius 1 is 1.62 bits per heavy atom. The van der Waals surface area contributed by atoms with Gasteiger partial charge in [-0.3, -0.25) is 0 Å². The minimum absolute atomic E-state index is 0.324. The second kappa shape index (κ2) is 7.98. The van der Waals surface area contributed by atoms with Crippen LogP contribution in [0.4, 0.5) is 0 Å². The van der Waals surface area contributed by atoms with Gasteiger partial charge in [-0.2, -0.15) is 0 Å². The van der Waals surface area contributed by atoms with Crippen LogP contribution in [0.5, 0.6) is 0 Å². The van der Waals surface area contributed by atoms with Crippen LogP contribution in [0.2, 0.25) is 0 Å². The summed E-state index contributed by atoms with van der Waals surface area (Å²) in [6.07, 6.45) is 0.991. The molecule has 8 heavy (non-hydrogen) atoms. The number of hydrogen-bond acceptors (Lipinski definition) is 1. The molecule has 0 heterocycles. The molecule has 0 saturated carbocycles. The van der Waals surface area contributed by atoms with E-state index in [4.69, 9.17) is 16.3 Å². The molecule has 0 fully saturated rings. The van der Waals surface area contributed by atoms with E-state index in [1.807, 2.05) is 0 Å². The van der Waals surface area contributed by atoms with Crippen molar-refractivity contribution >= 4 is 11.6 Å². The van der Waals surface area contributed by atoms with Gasteiger partial charge in [-0.25, -0.2) is 0 Å². The van der Waals surface area contributed by atoms with Gasteiger partial charge in [0.05, 0.1) is 0 Å². The van der Waals surface area contributed by atoms with Gasteiger partial charge >= 0.3 is 66.0 Å². The van der Waals surface area contributed by atoms with Gasteiger partial charge in [0, 0.05) is 0 Å². The van der Waals surface area contributed by atoms with Gasteiger partial charge in [0.15, 0.2) is 0 Å². The molecule has 0 aliphatic carbocycles. The molecule has 52 valence electrons. The van der Waals surface area contributed by atoms with Crippen LogP contribution in [0.3, 0.4) is 0 Å². The van der Waals surface area contributed by atoms with Crippen molar-refractivity contribution in [3.63, 3.8) is 0 Å². The fourth-order valence-corrected chi connectivity index (χ4v) is 1.15. The zero-order valence-electron chi connectivity index (χ0n) is 4.99. The van der Waals surface area contributed by atoms with Crippen molar-refractivity contribution in [2.24, 2.45) is 0 Å². The quantitative estimate of drug-likeness (QED) is 0.321. The zero-order chi connectivity index (χ0) is 6.24. The normalized spacial score (nSPS) is 10.2. The molecule has 1 nitrogen and oxygen atoms in total. The Kier molecular flexibility index (Phi) is 8.96. The Morgan fingerprint density at radius 3 is 2.88 bits per heavy atom. The van der Waals surface area contributed by atoms with Gasteiger partial charge in [-0.1, -0.05) is 0 Å². The first kappa shape index (κ1) is 8.98. The molecule has 0 aliphatic rings. The van der Waals surface area contributed by atoms with Gasteiger partial charge in [0.25, 0.3) is 0 Å². The Morgan fingerprint density at radius 2 is 2.38 bits per heavy atom. The van der Waals surface area contributed by atoms with Gasteiger partial charge in [0.1, 0.15) is 0 Å². The Balaban J connectivity index is 2.53. The number of hydrogen-bond donors (Lipinski definition) is 0. The van der Waals surface area contributed by atoms with E-state index in [2.05, 4.69) is 4.93 Å². The summed E-state index contributed by atoms with van der Waals surface area (Å²) in [5.74, 6) is 0.724. The van der Waals surface area contributed by atoms with E-state index in [1.54, 1.807) is 0 Å². The first-order valence-corrected chi connectivity index (χ1v) is 6.71. The molecule has 0 amide bonds. The molecule has 0 unspecified atom stereocenters. The summed E-state index contributed by atoms with van der Waals surface area (Å²) in [6.45, 7) is 0.844. The summed E-state index contributed by atoms with van der Waals surface area (Å²) in [6, 6.07) is 0. The standard InChI is InChI=1S/C5H11ClIO/c1-7-5-8-4-2-3-6/h2-5H2,1H3/q-1. The summed E-state index contributed by atoms with van der Waals surface area (Å²) in [5, 5.41) is 0. The van der Waals surface area contributed by atoms with Crippen molar-refractivity contribution in [2.75, 3.05) is 22.0 Å². The Bertz CT molecular complexity index is 37.4. The third kappa shape index (κ3) is 6.98. The molecule has 0 spiro atoms. The Labute approximate surface area is 66.0 Å². The van der Waals surface area contributed by atoms with Gasteiger partial charge < -0.3 is 0 Å². The molecule has 3 heteroatoms. The average Bonchev–Trinajstić information content (AvgIpc) is 1.81. The van der Waals surface area contributed by atoms with Gasteiger partial charge in [-0.15, -0.1) is 0 Å². The third-order valence-electron chi connectivity index (χ3n) is 0.609. The molecular weight excluding hydrogens is 238 g/mol. The topological polar surface area (TPSA) is 9.23 Å². The van der Waals surface area contributed by atoms with Crippen LogP contribution >= 0.6 is 11.6 Å². The predicted octanol–water partition coefficient (Wildman–Crippen LogP) is -1.69. The van der Waals surface area contributed by atoms with Crippen LogP contribution in [-0.4, -0.2) is 22.0 Å². The van der Waals surface area contributed by atoms with Crippen molar-refractivity contribution in [3.8, 4) is 0 Å². The van der Waals surface area contributed by atoms with Crippen molar-refractivity contribution in [3.05, 3.63) is 0 Å². The van der Waals surface area contributed by atoms with Crippen LogP contribution in [0.25, 0.3) is 0 Å². The van der Waals surface area contributed by atoms with E-state index in [0.717, 1.165) is 23.5 Å². The van der Waals surface area contributed by atoms with E-state index >= 15 is 0 Å². The molecule has 0 saturated heterocycles. The zero-order valence-corrected chi connectivity index (χ0v) is 7.91. The second-order valence-electron chi connectivity index (χ2n) is 1.33. The summed E-state index contributed by atoms with van der Waals surface area (Å²) < 4.78 is 6.17. The Hall–Kier alpha value is 0.980. The maximum atomic E-state index is 5.41. The summed E-state index contributed by atoms with van der Waals surface area (Å²) in [7, 11) is 0. The van der Waals surface area contributed by atoms with Crippen molar-refractivity contribution < 1.29 is 25.9 Å². The van der Waals surface area contributed by atoms with Crippen LogP contribution in [0.15, 0.2) is 0 Å². The van der Waals surface area contributed by atoms with E-state index in [-0.39, 0.29) is 0 Å². The molecule has 0 bridgehead atoms. The van der Waals surface area contributed by atoms with Gasteiger partial charge in [0.2, 0.25) is 0 Å². The number of alkyl halides is 3. The molecule has 0 N–H and O–H groups in total. The van der Waals surface area contributed by atoms with Crippen molar-refractivity contribution in [1.82, 2.24) is 0 Å². The SMILES string of the molecule is C[I-]COCCCCl. The van der Waals surface area contributed by atoms with E-state index in [1.165, 1.54) is 0 Å². The number of rotatable bonds is 5. The van der Waals surface area contributed by atoms with Crippen LogP contribution < -0.4 is 21.2 Å². The first-order chi connectivity index (χ1) is 3.91. The molecule has 0 aliphatic heterocycles. The van der Waals surface area contributed by atoms with Crippen molar-refractivity contribution in [1.29, 1.82) is 0 Å². The molecular formula is C5H11ClIO-. The molecule has 0 rings (SSSR count). The molecule has 0 atom stereocenters. The molecule has 0 radical (unpaired) electrons. The minimum atomic E-state index is 0.324. The molecule has 0 aromatic heterocycles.